The van der Waals surface area contributed by atoms with Crippen molar-refractivity contribution in [3.8, 4) is 0 Å². The van der Waals surface area contributed by atoms with E-state index >= 15 is 0 Å². The maximum atomic E-state index is 11.8. The lowest BCUT2D eigenvalue weighted by molar-refractivity contribution is 0.683. The lowest BCUT2D eigenvalue weighted by Crippen LogP contribution is -2.27. The van der Waals surface area contributed by atoms with Crippen LogP contribution in [0.15, 0.2) is 10.9 Å². The summed E-state index contributed by atoms with van der Waals surface area (Å²) in [6, 6.07) is 1.64. The number of nitrogens with two attached hydrogens (primary N) is 1. The summed E-state index contributed by atoms with van der Waals surface area (Å²) in [5.41, 5.74) is 5.52. The molecule has 2 N–H and O–H groups in total. The van der Waals surface area contributed by atoms with Crippen molar-refractivity contribution in [1.82, 2.24) is 9.55 Å². The van der Waals surface area contributed by atoms with Crippen molar-refractivity contribution in [2.75, 3.05) is 24.5 Å². The van der Waals surface area contributed by atoms with E-state index in [-0.39, 0.29) is 5.56 Å². The Morgan fingerprint density at radius 3 is 2.76 bits per heavy atom. The first-order valence-corrected chi connectivity index (χ1v) is 6.24. The van der Waals surface area contributed by atoms with E-state index < -0.39 is 0 Å². The molecule has 5 nitrogen and oxygen atoms in total. The third kappa shape index (κ3) is 2.66. The minimum absolute atomic E-state index is 0.0221. The quantitative estimate of drug-likeness (QED) is 0.815. The molecule has 0 aliphatic carbocycles. The van der Waals surface area contributed by atoms with E-state index in [9.17, 15) is 4.79 Å². The molecular weight excluding hydrogens is 216 g/mol. The van der Waals surface area contributed by atoms with Crippen molar-refractivity contribution < 1.29 is 0 Å². The van der Waals surface area contributed by atoms with E-state index in [1.54, 1.807) is 17.7 Å². The standard InChI is InChI=1S/C12H20N4O/c1-15-10(5-4-6-13)14-11(9-12(15)17)16-7-2-3-8-16/h9H,2-8,13H2,1H3. The van der Waals surface area contributed by atoms with E-state index in [0.29, 0.717) is 6.54 Å². The second-order valence-corrected chi connectivity index (χ2v) is 4.51. The van der Waals surface area contributed by atoms with Gasteiger partial charge in [-0.3, -0.25) is 9.36 Å². The summed E-state index contributed by atoms with van der Waals surface area (Å²) in [6.45, 7) is 2.65. The fourth-order valence-electron chi connectivity index (χ4n) is 2.17. The summed E-state index contributed by atoms with van der Waals surface area (Å²) < 4.78 is 1.62. The Morgan fingerprint density at radius 1 is 1.41 bits per heavy atom. The van der Waals surface area contributed by atoms with Crippen molar-refractivity contribution in [2.24, 2.45) is 12.8 Å². The summed E-state index contributed by atoms with van der Waals surface area (Å²) >= 11 is 0. The molecule has 1 aromatic rings. The molecule has 0 aromatic carbocycles. The van der Waals surface area contributed by atoms with E-state index in [0.717, 1.165) is 37.6 Å². The Balaban J connectivity index is 2.28. The van der Waals surface area contributed by atoms with Crippen LogP contribution >= 0.6 is 0 Å². The van der Waals surface area contributed by atoms with Gasteiger partial charge in [-0.05, 0) is 25.8 Å². The summed E-state index contributed by atoms with van der Waals surface area (Å²) in [5.74, 6) is 1.67. The fraction of sp³-hybridized carbons (Fsp3) is 0.667. The highest BCUT2D eigenvalue weighted by atomic mass is 16.1. The van der Waals surface area contributed by atoms with Gasteiger partial charge in [0.2, 0.25) is 0 Å². The van der Waals surface area contributed by atoms with Gasteiger partial charge >= 0.3 is 0 Å². The first-order valence-electron chi connectivity index (χ1n) is 6.24. The Kier molecular flexibility index (Phi) is 3.78. The second kappa shape index (κ2) is 5.31. The Morgan fingerprint density at radius 2 is 2.12 bits per heavy atom. The van der Waals surface area contributed by atoms with Gasteiger partial charge in [0, 0.05) is 32.6 Å². The molecule has 0 atom stereocenters. The zero-order valence-electron chi connectivity index (χ0n) is 10.4. The monoisotopic (exact) mass is 236 g/mol. The number of nitrogens with zero attached hydrogens (tertiary/aromatic N) is 3. The Labute approximate surface area is 101 Å². The van der Waals surface area contributed by atoms with Crippen molar-refractivity contribution in [3.05, 3.63) is 22.2 Å². The first kappa shape index (κ1) is 12.1. The number of anilines is 1. The molecule has 1 saturated heterocycles. The van der Waals surface area contributed by atoms with Crippen LogP contribution in [-0.4, -0.2) is 29.2 Å². The molecule has 1 aliphatic rings. The zero-order valence-corrected chi connectivity index (χ0v) is 10.4. The average Bonchev–Trinajstić information content (AvgIpc) is 2.84. The predicted octanol–water partition coefficient (Wildman–Crippen LogP) is 0.272. The van der Waals surface area contributed by atoms with Crippen LogP contribution in [-0.2, 0) is 13.5 Å². The van der Waals surface area contributed by atoms with Crippen LogP contribution in [0.5, 0.6) is 0 Å². The van der Waals surface area contributed by atoms with Crippen LogP contribution < -0.4 is 16.2 Å². The molecule has 2 rings (SSSR count). The van der Waals surface area contributed by atoms with E-state index in [1.165, 1.54) is 12.8 Å². The van der Waals surface area contributed by atoms with Gasteiger partial charge in [0.25, 0.3) is 5.56 Å². The Hall–Kier alpha value is -1.36. The predicted molar refractivity (Wildman–Crippen MR) is 68.3 cm³/mol. The summed E-state index contributed by atoms with van der Waals surface area (Å²) in [6.07, 6.45) is 4.01. The molecule has 5 heteroatoms. The number of rotatable bonds is 4. The van der Waals surface area contributed by atoms with Gasteiger partial charge in [-0.15, -0.1) is 0 Å². The molecule has 2 heterocycles. The molecule has 0 saturated carbocycles. The van der Waals surface area contributed by atoms with Gasteiger partial charge < -0.3 is 10.6 Å². The van der Waals surface area contributed by atoms with Crippen LogP contribution in [0.4, 0.5) is 5.82 Å². The minimum atomic E-state index is 0.0221. The lowest BCUT2D eigenvalue weighted by Gasteiger charge is -2.18. The molecule has 0 bridgehead atoms. The largest absolute Gasteiger partial charge is 0.356 e. The van der Waals surface area contributed by atoms with Gasteiger partial charge in [-0.1, -0.05) is 0 Å². The first-order chi connectivity index (χ1) is 8.22. The van der Waals surface area contributed by atoms with Crippen molar-refractivity contribution in [1.29, 1.82) is 0 Å². The molecule has 0 unspecified atom stereocenters. The molecule has 94 valence electrons. The highest BCUT2D eigenvalue weighted by Crippen LogP contribution is 2.16. The molecule has 17 heavy (non-hydrogen) atoms. The van der Waals surface area contributed by atoms with Gasteiger partial charge in [0.05, 0.1) is 0 Å². The highest BCUT2D eigenvalue weighted by Gasteiger charge is 2.15. The van der Waals surface area contributed by atoms with Crippen LogP contribution in [0.3, 0.4) is 0 Å². The third-order valence-electron chi connectivity index (χ3n) is 3.25. The van der Waals surface area contributed by atoms with Crippen molar-refractivity contribution in [2.45, 2.75) is 25.7 Å². The molecule has 1 aromatic heterocycles. The summed E-state index contributed by atoms with van der Waals surface area (Å²) in [5, 5.41) is 0. The molecule has 0 spiro atoms. The zero-order chi connectivity index (χ0) is 12.3. The van der Waals surface area contributed by atoms with Crippen LogP contribution in [0.25, 0.3) is 0 Å². The van der Waals surface area contributed by atoms with Crippen molar-refractivity contribution >= 4 is 5.82 Å². The number of aryl methyl sites for hydroxylation is 1. The average molecular weight is 236 g/mol. The smallest absolute Gasteiger partial charge is 0.255 e. The second-order valence-electron chi connectivity index (χ2n) is 4.51. The van der Waals surface area contributed by atoms with E-state index in [4.69, 9.17) is 5.73 Å². The SMILES string of the molecule is Cn1c(CCCN)nc(N2CCCC2)cc1=O. The van der Waals surface area contributed by atoms with E-state index in [1.807, 2.05) is 0 Å². The van der Waals surface area contributed by atoms with Crippen LogP contribution in [0.2, 0.25) is 0 Å². The van der Waals surface area contributed by atoms with Crippen LogP contribution in [0, 0.1) is 0 Å². The number of hydrogen-bond donors (Lipinski definition) is 1. The molecular formula is C12H20N4O. The van der Waals surface area contributed by atoms with E-state index in [2.05, 4.69) is 9.88 Å². The highest BCUT2D eigenvalue weighted by molar-refractivity contribution is 5.38. The van der Waals surface area contributed by atoms with Crippen LogP contribution in [0.1, 0.15) is 25.1 Å². The van der Waals surface area contributed by atoms with Gasteiger partial charge in [-0.2, -0.15) is 0 Å². The molecule has 0 radical (unpaired) electrons. The number of aromatic nitrogens is 2. The summed E-state index contributed by atoms with van der Waals surface area (Å²) in [7, 11) is 1.77. The fourth-order valence-corrected chi connectivity index (χ4v) is 2.17. The molecule has 1 aliphatic heterocycles. The lowest BCUT2D eigenvalue weighted by atomic mass is 10.3. The molecule has 0 amide bonds. The van der Waals surface area contributed by atoms with Gasteiger partial charge in [0.1, 0.15) is 11.6 Å². The maximum absolute atomic E-state index is 11.8. The normalized spacial score (nSPS) is 15.5. The van der Waals surface area contributed by atoms with Gasteiger partial charge in [-0.25, -0.2) is 4.98 Å². The van der Waals surface area contributed by atoms with Gasteiger partial charge in [0.15, 0.2) is 0 Å². The Bertz CT molecular complexity index is 435. The third-order valence-corrected chi connectivity index (χ3v) is 3.25. The maximum Gasteiger partial charge on any atom is 0.255 e. The minimum Gasteiger partial charge on any atom is -0.356 e. The number of hydrogen-bond acceptors (Lipinski definition) is 4. The molecule has 1 fully saturated rings. The summed E-state index contributed by atoms with van der Waals surface area (Å²) in [4.78, 5) is 18.6. The van der Waals surface area contributed by atoms with Crippen molar-refractivity contribution in [3.63, 3.8) is 0 Å². The topological polar surface area (TPSA) is 64.2 Å².